The summed E-state index contributed by atoms with van der Waals surface area (Å²) in [5, 5.41) is 10.7. The summed E-state index contributed by atoms with van der Waals surface area (Å²) in [4.78, 5) is 34.8. The molecule has 6 heteroatoms. The molecule has 0 bridgehead atoms. The van der Waals surface area contributed by atoms with E-state index in [9.17, 15) is 19.7 Å². The van der Waals surface area contributed by atoms with Crippen LogP contribution in [-0.2, 0) is 4.74 Å². The van der Waals surface area contributed by atoms with Crippen LogP contribution >= 0.6 is 0 Å². The highest BCUT2D eigenvalue weighted by atomic mass is 16.6. The summed E-state index contributed by atoms with van der Waals surface area (Å²) in [6.07, 6.45) is 0. The Bertz CT molecular complexity index is 1130. The van der Waals surface area contributed by atoms with E-state index in [1.54, 1.807) is 6.07 Å². The summed E-state index contributed by atoms with van der Waals surface area (Å²) < 4.78 is 5.17. The Balaban J connectivity index is 1.46. The van der Waals surface area contributed by atoms with Crippen LogP contribution in [0.2, 0.25) is 0 Å². The lowest BCUT2D eigenvalue weighted by atomic mass is 9.98. The molecule has 0 spiro atoms. The van der Waals surface area contributed by atoms with E-state index in [1.807, 2.05) is 24.3 Å². The smallest absolute Gasteiger partial charge is 0.338 e. The second-order valence-corrected chi connectivity index (χ2v) is 6.91. The van der Waals surface area contributed by atoms with Crippen molar-refractivity contribution in [3.05, 3.63) is 99.1 Å². The number of nitrogens with zero attached hydrogens (tertiary/aromatic N) is 1. The summed E-state index contributed by atoms with van der Waals surface area (Å²) >= 11 is 0. The molecule has 1 aliphatic rings. The number of rotatable bonds is 5. The van der Waals surface area contributed by atoms with Gasteiger partial charge < -0.3 is 4.74 Å². The van der Waals surface area contributed by atoms with Gasteiger partial charge in [-0.1, -0.05) is 37.3 Å². The van der Waals surface area contributed by atoms with E-state index in [0.717, 1.165) is 11.1 Å². The SMILES string of the molecule is CC1c2ccccc2-c2ccc(C(=O)OCC(=O)c3ccc([N+](=O)[O-])cc3)cc21. The lowest BCUT2D eigenvalue weighted by Gasteiger charge is -2.09. The third-order valence-corrected chi connectivity index (χ3v) is 5.21. The number of benzene rings is 3. The first-order valence-corrected chi connectivity index (χ1v) is 9.13. The van der Waals surface area contributed by atoms with Gasteiger partial charge in [0, 0.05) is 23.6 Å². The number of ketones is 1. The van der Waals surface area contributed by atoms with E-state index in [1.165, 1.54) is 35.4 Å². The zero-order chi connectivity index (χ0) is 20.5. The Morgan fingerprint density at radius 3 is 2.31 bits per heavy atom. The van der Waals surface area contributed by atoms with Crippen LogP contribution in [-0.4, -0.2) is 23.3 Å². The molecule has 144 valence electrons. The summed E-state index contributed by atoms with van der Waals surface area (Å²) in [6, 6.07) is 18.8. The largest absolute Gasteiger partial charge is 0.454 e. The lowest BCUT2D eigenvalue weighted by molar-refractivity contribution is -0.384. The average Bonchev–Trinajstić information content (AvgIpc) is 3.04. The van der Waals surface area contributed by atoms with E-state index >= 15 is 0 Å². The van der Waals surface area contributed by atoms with Crippen LogP contribution in [0.5, 0.6) is 0 Å². The first-order chi connectivity index (χ1) is 14.0. The molecule has 0 saturated carbocycles. The summed E-state index contributed by atoms with van der Waals surface area (Å²) in [6.45, 7) is 1.67. The second kappa shape index (κ2) is 7.31. The van der Waals surface area contributed by atoms with Gasteiger partial charge in [-0.15, -0.1) is 0 Å². The van der Waals surface area contributed by atoms with E-state index in [2.05, 4.69) is 19.1 Å². The molecule has 0 aromatic heterocycles. The van der Waals surface area contributed by atoms with Crippen LogP contribution in [0.25, 0.3) is 11.1 Å². The zero-order valence-corrected chi connectivity index (χ0v) is 15.6. The first kappa shape index (κ1) is 18.6. The predicted octanol–water partition coefficient (Wildman–Crippen LogP) is 4.77. The standard InChI is InChI=1S/C23H17NO5/c1-14-18-4-2-3-5-19(18)20-11-8-16(12-21(14)20)23(26)29-13-22(25)15-6-9-17(10-7-15)24(27)28/h2-12,14H,13H2,1H3. The van der Waals surface area contributed by atoms with Gasteiger partial charge in [0.1, 0.15) is 0 Å². The van der Waals surface area contributed by atoms with Gasteiger partial charge in [-0.05, 0) is 46.5 Å². The number of nitro groups is 1. The van der Waals surface area contributed by atoms with Gasteiger partial charge in [-0.3, -0.25) is 14.9 Å². The maximum absolute atomic E-state index is 12.4. The molecule has 0 fully saturated rings. The van der Waals surface area contributed by atoms with Crippen LogP contribution in [0.1, 0.15) is 44.7 Å². The predicted molar refractivity (Wildman–Crippen MR) is 107 cm³/mol. The number of fused-ring (bicyclic) bond motifs is 3. The molecule has 3 aromatic rings. The molecule has 0 aliphatic heterocycles. The Kier molecular flexibility index (Phi) is 4.68. The van der Waals surface area contributed by atoms with Crippen molar-refractivity contribution >= 4 is 17.4 Å². The molecular formula is C23H17NO5. The highest BCUT2D eigenvalue weighted by Gasteiger charge is 2.26. The minimum Gasteiger partial charge on any atom is -0.454 e. The topological polar surface area (TPSA) is 86.5 Å². The van der Waals surface area contributed by atoms with Crippen LogP contribution in [0, 0.1) is 10.1 Å². The molecule has 4 rings (SSSR count). The van der Waals surface area contributed by atoms with Gasteiger partial charge >= 0.3 is 5.97 Å². The number of esters is 1. The fourth-order valence-electron chi connectivity index (χ4n) is 3.65. The fraction of sp³-hybridized carbons (Fsp3) is 0.130. The molecule has 0 N–H and O–H groups in total. The number of Topliss-reactive ketones (excluding diaryl/α,β-unsaturated/α-hetero) is 1. The molecule has 3 aromatic carbocycles. The quantitative estimate of drug-likeness (QED) is 0.272. The van der Waals surface area contributed by atoms with E-state index in [0.29, 0.717) is 5.56 Å². The van der Waals surface area contributed by atoms with E-state index < -0.39 is 23.3 Å². The summed E-state index contributed by atoms with van der Waals surface area (Å²) in [7, 11) is 0. The number of carbonyl (C=O) groups is 2. The molecular weight excluding hydrogens is 370 g/mol. The van der Waals surface area contributed by atoms with Gasteiger partial charge in [0.15, 0.2) is 12.4 Å². The number of hydrogen-bond donors (Lipinski definition) is 0. The van der Waals surface area contributed by atoms with Crippen molar-refractivity contribution in [3.63, 3.8) is 0 Å². The molecule has 1 atom stereocenters. The van der Waals surface area contributed by atoms with Gasteiger partial charge in [0.2, 0.25) is 0 Å². The molecule has 1 aliphatic carbocycles. The van der Waals surface area contributed by atoms with Crippen LogP contribution < -0.4 is 0 Å². The average molecular weight is 387 g/mol. The molecule has 1 unspecified atom stereocenters. The van der Waals surface area contributed by atoms with Crippen molar-refractivity contribution < 1.29 is 19.2 Å². The number of carbonyl (C=O) groups excluding carboxylic acids is 2. The van der Waals surface area contributed by atoms with Crippen molar-refractivity contribution in [2.75, 3.05) is 6.61 Å². The Hall–Kier alpha value is -3.80. The Morgan fingerprint density at radius 1 is 0.931 bits per heavy atom. The van der Waals surface area contributed by atoms with Gasteiger partial charge in [-0.2, -0.15) is 0 Å². The lowest BCUT2D eigenvalue weighted by Crippen LogP contribution is -2.14. The van der Waals surface area contributed by atoms with Crippen molar-refractivity contribution in [1.29, 1.82) is 0 Å². The molecule has 0 radical (unpaired) electrons. The number of hydrogen-bond acceptors (Lipinski definition) is 5. The third kappa shape index (κ3) is 3.40. The number of nitro benzene ring substituents is 1. The molecule has 0 amide bonds. The maximum atomic E-state index is 12.4. The van der Waals surface area contributed by atoms with Crippen molar-refractivity contribution in [2.45, 2.75) is 12.8 Å². The maximum Gasteiger partial charge on any atom is 0.338 e. The summed E-state index contributed by atoms with van der Waals surface area (Å²) in [5.41, 5.74) is 5.09. The minimum absolute atomic E-state index is 0.105. The van der Waals surface area contributed by atoms with Crippen LogP contribution in [0.3, 0.4) is 0 Å². The first-order valence-electron chi connectivity index (χ1n) is 9.13. The van der Waals surface area contributed by atoms with Crippen LogP contribution in [0.15, 0.2) is 66.7 Å². The van der Waals surface area contributed by atoms with Crippen molar-refractivity contribution in [2.24, 2.45) is 0 Å². The molecule has 0 saturated heterocycles. The van der Waals surface area contributed by atoms with Gasteiger partial charge in [-0.25, -0.2) is 4.79 Å². The Labute approximate surface area is 166 Å². The molecule has 6 nitrogen and oxygen atoms in total. The number of non-ortho nitro benzene ring substituents is 1. The zero-order valence-electron chi connectivity index (χ0n) is 15.6. The third-order valence-electron chi connectivity index (χ3n) is 5.21. The highest BCUT2D eigenvalue weighted by molar-refractivity contribution is 5.99. The monoisotopic (exact) mass is 387 g/mol. The fourth-order valence-corrected chi connectivity index (χ4v) is 3.65. The summed E-state index contributed by atoms with van der Waals surface area (Å²) in [5.74, 6) is -0.822. The van der Waals surface area contributed by atoms with Crippen LogP contribution in [0.4, 0.5) is 5.69 Å². The molecule has 29 heavy (non-hydrogen) atoms. The minimum atomic E-state index is -0.578. The van der Waals surface area contributed by atoms with Crippen molar-refractivity contribution in [1.82, 2.24) is 0 Å². The Morgan fingerprint density at radius 2 is 1.59 bits per heavy atom. The van der Waals surface area contributed by atoms with Crippen molar-refractivity contribution in [3.8, 4) is 11.1 Å². The van der Waals surface area contributed by atoms with Gasteiger partial charge in [0.05, 0.1) is 10.5 Å². The highest BCUT2D eigenvalue weighted by Crippen LogP contribution is 2.44. The second-order valence-electron chi connectivity index (χ2n) is 6.91. The normalized spacial score (nSPS) is 14.0. The van der Waals surface area contributed by atoms with E-state index in [4.69, 9.17) is 4.74 Å². The van der Waals surface area contributed by atoms with Gasteiger partial charge in [0.25, 0.3) is 5.69 Å². The molecule has 0 heterocycles. The van der Waals surface area contributed by atoms with E-state index in [-0.39, 0.29) is 17.2 Å². The number of ether oxygens (including phenoxy) is 1.